The van der Waals surface area contributed by atoms with Crippen molar-refractivity contribution in [3.63, 3.8) is 0 Å². The highest BCUT2D eigenvalue weighted by molar-refractivity contribution is 7.09. The Morgan fingerprint density at radius 1 is 1.23 bits per heavy atom. The number of nitrogens with one attached hydrogen (secondary N) is 2. The Balaban J connectivity index is 1.58. The fraction of sp³-hybridized carbons (Fsp3) is 0.167. The Morgan fingerprint density at radius 2 is 1.97 bits per heavy atom. The first-order valence-corrected chi connectivity index (χ1v) is 11.4. The van der Waals surface area contributed by atoms with Gasteiger partial charge in [0.25, 0.3) is 5.91 Å². The van der Waals surface area contributed by atoms with Crippen LogP contribution in [0.1, 0.15) is 41.9 Å². The molecule has 0 saturated carbocycles. The van der Waals surface area contributed by atoms with Crippen LogP contribution in [0.25, 0.3) is 5.70 Å². The molecule has 0 atom stereocenters. The van der Waals surface area contributed by atoms with Gasteiger partial charge in [0.15, 0.2) is 5.69 Å². The molecule has 1 aromatic carbocycles. The van der Waals surface area contributed by atoms with Crippen molar-refractivity contribution in [3.05, 3.63) is 76.3 Å². The van der Waals surface area contributed by atoms with Crippen LogP contribution in [0.3, 0.4) is 0 Å². The molecule has 0 bridgehead atoms. The SMILES string of the molecule is C/C=C\C=C(/C)n1ncc(C(=O)Nc2ccc(C3=Nc4cscc4NC(=O)C3)cc2)c1C(F)(F)F. The monoisotopic (exact) mass is 499 g/mol. The van der Waals surface area contributed by atoms with E-state index in [0.29, 0.717) is 27.3 Å². The summed E-state index contributed by atoms with van der Waals surface area (Å²) in [5.41, 5.74) is 1.25. The minimum atomic E-state index is -4.79. The first kappa shape index (κ1) is 24.1. The average Bonchev–Trinajstić information content (AvgIpc) is 3.41. The Labute approximate surface area is 202 Å². The number of carbonyl (C=O) groups excluding carboxylic acids is 2. The lowest BCUT2D eigenvalue weighted by molar-refractivity contribution is -0.143. The minimum Gasteiger partial charge on any atom is -0.323 e. The zero-order valence-electron chi connectivity index (χ0n) is 18.7. The second kappa shape index (κ2) is 9.71. The molecular weight excluding hydrogens is 479 g/mol. The fourth-order valence-electron chi connectivity index (χ4n) is 3.47. The van der Waals surface area contributed by atoms with Gasteiger partial charge in [0, 0.05) is 22.1 Å². The van der Waals surface area contributed by atoms with E-state index >= 15 is 0 Å². The normalized spacial score (nSPS) is 14.4. The molecule has 35 heavy (non-hydrogen) atoms. The number of rotatable bonds is 5. The van der Waals surface area contributed by atoms with Crippen LogP contribution in [0.15, 0.2) is 64.4 Å². The van der Waals surface area contributed by atoms with E-state index < -0.39 is 23.3 Å². The summed E-state index contributed by atoms with van der Waals surface area (Å²) in [7, 11) is 0. The van der Waals surface area contributed by atoms with Crippen LogP contribution in [0, 0.1) is 0 Å². The van der Waals surface area contributed by atoms with E-state index in [0.717, 1.165) is 6.20 Å². The van der Waals surface area contributed by atoms with Crippen LogP contribution < -0.4 is 10.6 Å². The molecule has 2 amide bonds. The van der Waals surface area contributed by atoms with E-state index in [-0.39, 0.29) is 23.7 Å². The largest absolute Gasteiger partial charge is 0.434 e. The molecule has 7 nitrogen and oxygen atoms in total. The predicted octanol–water partition coefficient (Wildman–Crippen LogP) is 6.12. The number of hydrogen-bond donors (Lipinski definition) is 2. The molecule has 1 aliphatic rings. The molecule has 2 N–H and O–H groups in total. The zero-order valence-corrected chi connectivity index (χ0v) is 19.5. The van der Waals surface area contributed by atoms with E-state index in [1.165, 1.54) is 24.3 Å². The van der Waals surface area contributed by atoms with Crippen molar-refractivity contribution in [2.24, 2.45) is 4.99 Å². The van der Waals surface area contributed by atoms with Crippen LogP contribution in [0.2, 0.25) is 0 Å². The minimum absolute atomic E-state index is 0.0687. The van der Waals surface area contributed by atoms with Crippen LogP contribution >= 0.6 is 11.3 Å². The second-order valence-electron chi connectivity index (χ2n) is 7.64. The maximum Gasteiger partial charge on any atom is 0.434 e. The number of amides is 2. The van der Waals surface area contributed by atoms with Crippen LogP contribution in [0.4, 0.5) is 30.2 Å². The van der Waals surface area contributed by atoms with E-state index in [9.17, 15) is 22.8 Å². The zero-order chi connectivity index (χ0) is 25.2. The van der Waals surface area contributed by atoms with Gasteiger partial charge in [0.05, 0.1) is 35.3 Å². The first-order valence-electron chi connectivity index (χ1n) is 10.5. The maximum absolute atomic E-state index is 13.8. The van der Waals surface area contributed by atoms with Gasteiger partial charge in [-0.15, -0.1) is 11.3 Å². The smallest absolute Gasteiger partial charge is 0.323 e. The third kappa shape index (κ3) is 5.24. The van der Waals surface area contributed by atoms with Crippen molar-refractivity contribution in [1.82, 2.24) is 9.78 Å². The van der Waals surface area contributed by atoms with Gasteiger partial charge in [0.1, 0.15) is 0 Å². The van der Waals surface area contributed by atoms with Crippen molar-refractivity contribution < 1.29 is 22.8 Å². The number of allylic oxidation sites excluding steroid dienone is 4. The van der Waals surface area contributed by atoms with E-state index in [2.05, 4.69) is 20.7 Å². The number of thiophene rings is 1. The molecule has 0 saturated heterocycles. The van der Waals surface area contributed by atoms with Crippen molar-refractivity contribution in [2.75, 3.05) is 10.6 Å². The molecule has 0 spiro atoms. The van der Waals surface area contributed by atoms with Gasteiger partial charge in [0.2, 0.25) is 5.91 Å². The fourth-order valence-corrected chi connectivity index (χ4v) is 4.17. The Morgan fingerprint density at radius 3 is 2.66 bits per heavy atom. The predicted molar refractivity (Wildman–Crippen MR) is 130 cm³/mol. The number of aromatic nitrogens is 2. The van der Waals surface area contributed by atoms with Gasteiger partial charge in [-0.2, -0.15) is 18.3 Å². The molecule has 11 heteroatoms. The highest BCUT2D eigenvalue weighted by Gasteiger charge is 2.40. The van der Waals surface area contributed by atoms with Gasteiger partial charge in [-0.3, -0.25) is 9.59 Å². The Bertz CT molecular complexity index is 1360. The number of alkyl halides is 3. The summed E-state index contributed by atoms with van der Waals surface area (Å²) in [5, 5.41) is 12.7. The molecule has 0 radical (unpaired) electrons. The van der Waals surface area contributed by atoms with Crippen molar-refractivity contribution in [1.29, 1.82) is 0 Å². The molecule has 4 rings (SSSR count). The van der Waals surface area contributed by atoms with Gasteiger partial charge in [-0.1, -0.05) is 24.3 Å². The maximum atomic E-state index is 13.8. The molecule has 0 aliphatic carbocycles. The number of benzene rings is 1. The molecule has 1 aliphatic heterocycles. The number of aliphatic imine (C=N–C) groups is 1. The highest BCUT2D eigenvalue weighted by atomic mass is 32.1. The van der Waals surface area contributed by atoms with Crippen LogP contribution in [0.5, 0.6) is 0 Å². The number of halogens is 3. The van der Waals surface area contributed by atoms with E-state index in [4.69, 9.17) is 0 Å². The lowest BCUT2D eigenvalue weighted by Crippen LogP contribution is -2.20. The Hall–Kier alpha value is -3.99. The summed E-state index contributed by atoms with van der Waals surface area (Å²) in [6, 6.07) is 6.39. The summed E-state index contributed by atoms with van der Waals surface area (Å²) < 4.78 is 42.1. The summed E-state index contributed by atoms with van der Waals surface area (Å²) in [5.74, 6) is -1.14. The third-order valence-corrected chi connectivity index (χ3v) is 5.85. The second-order valence-corrected chi connectivity index (χ2v) is 8.38. The van der Waals surface area contributed by atoms with Crippen molar-refractivity contribution in [3.8, 4) is 0 Å². The van der Waals surface area contributed by atoms with Crippen molar-refractivity contribution in [2.45, 2.75) is 26.4 Å². The molecular formula is C24H20F3N5O2S. The van der Waals surface area contributed by atoms with E-state index in [1.807, 2.05) is 5.38 Å². The summed E-state index contributed by atoms with van der Waals surface area (Å²) in [6.45, 7) is 3.20. The van der Waals surface area contributed by atoms with Gasteiger partial charge in [-0.05, 0) is 37.6 Å². The molecule has 3 heterocycles. The quantitative estimate of drug-likeness (QED) is 0.415. The number of nitrogens with zero attached hydrogens (tertiary/aromatic N) is 3. The van der Waals surface area contributed by atoms with Crippen LogP contribution in [-0.4, -0.2) is 27.3 Å². The van der Waals surface area contributed by atoms with Gasteiger partial charge >= 0.3 is 6.18 Å². The molecule has 180 valence electrons. The summed E-state index contributed by atoms with van der Waals surface area (Å²) in [6.07, 6.45) is 0.898. The average molecular weight is 500 g/mol. The highest BCUT2D eigenvalue weighted by Crippen LogP contribution is 2.34. The van der Waals surface area contributed by atoms with Crippen LogP contribution in [-0.2, 0) is 11.0 Å². The number of fused-ring (bicyclic) bond motifs is 1. The lowest BCUT2D eigenvalue weighted by Gasteiger charge is -2.13. The standard InChI is InChI=1S/C24H20F3N5O2S/c1-3-4-5-14(2)32-22(24(25,26)27)17(11-28-32)23(34)29-16-8-6-15(7-9-16)18-10-21(33)31-20-13-35-12-19(20)30-18/h3-9,11-13H,10H2,1-2H3,(H,29,34)(H,31,33)/b4-3-,14-5+. The molecule has 2 aromatic heterocycles. The summed E-state index contributed by atoms with van der Waals surface area (Å²) >= 11 is 1.42. The molecule has 0 fully saturated rings. The molecule has 0 unspecified atom stereocenters. The molecule has 3 aromatic rings. The number of carbonyl (C=O) groups is 2. The lowest BCUT2D eigenvalue weighted by atomic mass is 10.1. The van der Waals surface area contributed by atoms with Gasteiger partial charge in [-0.25, -0.2) is 9.67 Å². The summed E-state index contributed by atoms with van der Waals surface area (Å²) in [4.78, 5) is 29.5. The number of hydrogen-bond acceptors (Lipinski definition) is 5. The number of anilines is 2. The first-order chi connectivity index (χ1) is 16.7. The Kier molecular flexibility index (Phi) is 6.70. The topological polar surface area (TPSA) is 88.4 Å². The van der Waals surface area contributed by atoms with Crippen molar-refractivity contribution >= 4 is 51.6 Å². The van der Waals surface area contributed by atoms with E-state index in [1.54, 1.807) is 48.7 Å². The van der Waals surface area contributed by atoms with Gasteiger partial charge < -0.3 is 10.6 Å². The third-order valence-electron chi connectivity index (χ3n) is 5.12.